The van der Waals surface area contributed by atoms with Crippen LogP contribution in [0.15, 0.2) is 61.3 Å². The Labute approximate surface area is 213 Å². The number of aryl methyl sites for hydroxylation is 1. The number of rotatable bonds is 4. The molecule has 1 atom stereocenters. The van der Waals surface area contributed by atoms with Crippen molar-refractivity contribution in [3.05, 3.63) is 83.8 Å². The molecule has 188 valence electrons. The third-order valence-electron chi connectivity index (χ3n) is 7.57. The molecule has 0 saturated carbocycles. The Morgan fingerprint density at radius 1 is 1.05 bits per heavy atom. The SMILES string of the molecule is COc1ccc2c3c(n(C)c2c1)[C@@H](CO)N(C(=O)c1cnccn1)CC31CN(C(=O)c2ccncc2)C1. The molecule has 5 heterocycles. The van der Waals surface area contributed by atoms with E-state index in [2.05, 4.69) is 15.0 Å². The highest BCUT2D eigenvalue weighted by atomic mass is 16.5. The van der Waals surface area contributed by atoms with Gasteiger partial charge >= 0.3 is 0 Å². The summed E-state index contributed by atoms with van der Waals surface area (Å²) in [5.41, 5.74) is 3.14. The number of methoxy groups -OCH3 is 1. The van der Waals surface area contributed by atoms with Crippen LogP contribution in [0, 0.1) is 0 Å². The van der Waals surface area contributed by atoms with Gasteiger partial charge < -0.3 is 24.2 Å². The van der Waals surface area contributed by atoms with E-state index in [0.29, 0.717) is 25.2 Å². The molecule has 0 aliphatic carbocycles. The average Bonchev–Trinajstić information content (AvgIpc) is 3.23. The van der Waals surface area contributed by atoms with Gasteiger partial charge in [-0.05, 0) is 29.8 Å². The third kappa shape index (κ3) is 3.47. The van der Waals surface area contributed by atoms with Gasteiger partial charge in [-0.3, -0.25) is 19.6 Å². The molecule has 0 bridgehead atoms. The van der Waals surface area contributed by atoms with Crippen molar-refractivity contribution >= 4 is 22.7 Å². The molecule has 6 rings (SSSR count). The molecule has 10 heteroatoms. The highest BCUT2D eigenvalue weighted by Crippen LogP contribution is 2.50. The van der Waals surface area contributed by atoms with E-state index in [1.54, 1.807) is 41.4 Å². The van der Waals surface area contributed by atoms with Crippen molar-refractivity contribution < 1.29 is 19.4 Å². The molecule has 1 saturated heterocycles. The smallest absolute Gasteiger partial charge is 0.274 e. The standard InChI is InChI=1S/C27H26N6O4/c1-31-21-11-18(37-2)3-4-19(21)23-24(31)22(13-34)33(26(36)20-12-29-9-10-30-20)16-27(23)14-32(15-27)25(35)17-5-7-28-8-6-17/h3-12,22,34H,13-16H2,1-2H3/t22-/m1/s1. The number of ether oxygens (including phenoxy) is 1. The number of amides is 2. The van der Waals surface area contributed by atoms with Crippen molar-refractivity contribution in [2.45, 2.75) is 11.5 Å². The Hall–Kier alpha value is -4.31. The molecule has 3 aromatic heterocycles. The predicted octanol–water partition coefficient (Wildman–Crippen LogP) is 1.96. The number of aliphatic hydroxyl groups excluding tert-OH is 1. The summed E-state index contributed by atoms with van der Waals surface area (Å²) < 4.78 is 7.50. The molecule has 4 aromatic rings. The molecule has 1 aromatic carbocycles. The number of aliphatic hydroxyl groups is 1. The molecule has 2 amide bonds. The first-order valence-corrected chi connectivity index (χ1v) is 12.0. The van der Waals surface area contributed by atoms with Crippen LogP contribution in [0.4, 0.5) is 0 Å². The second-order valence-electron chi connectivity index (χ2n) is 9.60. The average molecular weight is 499 g/mol. The van der Waals surface area contributed by atoms with Crippen LogP contribution in [0.1, 0.15) is 38.1 Å². The number of fused-ring (bicyclic) bond motifs is 4. The van der Waals surface area contributed by atoms with Gasteiger partial charge in [-0.2, -0.15) is 0 Å². The van der Waals surface area contributed by atoms with Crippen molar-refractivity contribution in [2.24, 2.45) is 7.05 Å². The number of nitrogens with zero attached hydrogens (tertiary/aromatic N) is 6. The van der Waals surface area contributed by atoms with E-state index >= 15 is 0 Å². The lowest BCUT2D eigenvalue weighted by Crippen LogP contribution is -2.68. The predicted molar refractivity (Wildman–Crippen MR) is 134 cm³/mol. The van der Waals surface area contributed by atoms with E-state index in [0.717, 1.165) is 27.9 Å². The van der Waals surface area contributed by atoms with Crippen LogP contribution < -0.4 is 4.74 Å². The monoisotopic (exact) mass is 498 g/mol. The fourth-order valence-electron chi connectivity index (χ4n) is 5.89. The maximum Gasteiger partial charge on any atom is 0.274 e. The van der Waals surface area contributed by atoms with Crippen LogP contribution in [-0.4, -0.2) is 79.6 Å². The quantitative estimate of drug-likeness (QED) is 0.458. The largest absolute Gasteiger partial charge is 0.497 e. The van der Waals surface area contributed by atoms with Gasteiger partial charge in [0.25, 0.3) is 11.8 Å². The van der Waals surface area contributed by atoms with E-state index in [4.69, 9.17) is 4.74 Å². The second kappa shape index (κ2) is 8.67. The lowest BCUT2D eigenvalue weighted by molar-refractivity contribution is 0.00210. The number of carbonyl (C=O) groups excluding carboxylic acids is 2. The molecule has 1 fully saturated rings. The van der Waals surface area contributed by atoms with E-state index in [1.165, 1.54) is 18.6 Å². The summed E-state index contributed by atoms with van der Waals surface area (Å²) in [5.74, 6) is 0.335. The summed E-state index contributed by atoms with van der Waals surface area (Å²) in [6, 6.07) is 8.73. The molecular formula is C27H26N6O4. The number of hydrogen-bond acceptors (Lipinski definition) is 7. The summed E-state index contributed by atoms with van der Waals surface area (Å²) in [6.45, 7) is 0.964. The first-order valence-electron chi connectivity index (χ1n) is 12.0. The second-order valence-corrected chi connectivity index (χ2v) is 9.60. The van der Waals surface area contributed by atoms with Crippen LogP contribution in [0.25, 0.3) is 10.9 Å². The van der Waals surface area contributed by atoms with Crippen molar-refractivity contribution in [1.82, 2.24) is 29.3 Å². The van der Waals surface area contributed by atoms with Crippen LogP contribution in [-0.2, 0) is 12.5 Å². The van der Waals surface area contributed by atoms with Gasteiger partial charge in [0.15, 0.2) is 0 Å². The highest BCUT2D eigenvalue weighted by Gasteiger charge is 2.55. The lowest BCUT2D eigenvalue weighted by atomic mass is 9.68. The number of benzene rings is 1. The van der Waals surface area contributed by atoms with Crippen molar-refractivity contribution in [2.75, 3.05) is 33.4 Å². The van der Waals surface area contributed by atoms with Crippen LogP contribution in [0.5, 0.6) is 5.75 Å². The van der Waals surface area contributed by atoms with E-state index < -0.39 is 11.5 Å². The lowest BCUT2D eigenvalue weighted by Gasteiger charge is -2.56. The summed E-state index contributed by atoms with van der Waals surface area (Å²) in [4.78, 5) is 42.6. The molecule has 0 radical (unpaired) electrons. The Bertz CT molecular complexity index is 1500. The zero-order chi connectivity index (χ0) is 25.7. The minimum atomic E-state index is -0.580. The summed E-state index contributed by atoms with van der Waals surface area (Å²) in [6.07, 6.45) is 7.64. The Morgan fingerprint density at radius 3 is 2.51 bits per heavy atom. The maximum absolute atomic E-state index is 13.7. The van der Waals surface area contributed by atoms with Crippen LogP contribution >= 0.6 is 0 Å². The molecule has 10 nitrogen and oxygen atoms in total. The van der Waals surface area contributed by atoms with Crippen molar-refractivity contribution in [3.8, 4) is 5.75 Å². The van der Waals surface area contributed by atoms with Gasteiger partial charge in [-0.15, -0.1) is 0 Å². The molecule has 1 spiro atoms. The summed E-state index contributed by atoms with van der Waals surface area (Å²) >= 11 is 0. The highest BCUT2D eigenvalue weighted by molar-refractivity contribution is 5.97. The van der Waals surface area contributed by atoms with Crippen LogP contribution in [0.2, 0.25) is 0 Å². The Morgan fingerprint density at radius 2 is 1.84 bits per heavy atom. The first-order chi connectivity index (χ1) is 18.0. The van der Waals surface area contributed by atoms with Gasteiger partial charge in [-0.25, -0.2) is 4.98 Å². The van der Waals surface area contributed by atoms with Crippen molar-refractivity contribution in [1.29, 1.82) is 0 Å². The van der Waals surface area contributed by atoms with E-state index in [1.807, 2.05) is 29.8 Å². The number of likely N-dealkylation sites (tertiary alicyclic amines) is 1. The van der Waals surface area contributed by atoms with Gasteiger partial charge in [-0.1, -0.05) is 0 Å². The maximum atomic E-state index is 13.7. The third-order valence-corrected chi connectivity index (χ3v) is 7.57. The topological polar surface area (TPSA) is 114 Å². The Balaban J connectivity index is 1.48. The molecule has 2 aliphatic rings. The minimum Gasteiger partial charge on any atom is -0.497 e. The number of aromatic nitrogens is 4. The van der Waals surface area contributed by atoms with E-state index in [-0.39, 0.29) is 24.1 Å². The number of hydrogen-bond donors (Lipinski definition) is 1. The number of pyridine rings is 1. The zero-order valence-corrected chi connectivity index (χ0v) is 20.5. The first kappa shape index (κ1) is 23.1. The molecule has 37 heavy (non-hydrogen) atoms. The summed E-state index contributed by atoms with van der Waals surface area (Å²) in [5, 5.41) is 11.6. The molecule has 2 aliphatic heterocycles. The number of carbonyl (C=O) groups is 2. The molecular weight excluding hydrogens is 472 g/mol. The minimum absolute atomic E-state index is 0.0763. The van der Waals surface area contributed by atoms with Crippen molar-refractivity contribution in [3.63, 3.8) is 0 Å². The van der Waals surface area contributed by atoms with Gasteiger partial charge in [0.2, 0.25) is 0 Å². The normalized spacial score (nSPS) is 18.0. The Kier molecular flexibility index (Phi) is 5.41. The molecule has 1 N–H and O–H groups in total. The van der Waals surface area contributed by atoms with Gasteiger partial charge in [0.1, 0.15) is 11.4 Å². The van der Waals surface area contributed by atoms with Gasteiger partial charge in [0.05, 0.1) is 36.9 Å². The molecule has 0 unspecified atom stereocenters. The van der Waals surface area contributed by atoms with E-state index in [9.17, 15) is 14.7 Å². The van der Waals surface area contributed by atoms with Crippen LogP contribution in [0.3, 0.4) is 0 Å². The zero-order valence-electron chi connectivity index (χ0n) is 20.5. The van der Waals surface area contributed by atoms with Gasteiger partial charge in [0, 0.05) is 74.2 Å². The fourth-order valence-corrected chi connectivity index (χ4v) is 5.89. The fraction of sp³-hybridized carbons (Fsp3) is 0.296. The summed E-state index contributed by atoms with van der Waals surface area (Å²) in [7, 11) is 3.56.